The molecule has 0 radical (unpaired) electrons. The van der Waals surface area contributed by atoms with Crippen LogP contribution in [0.4, 0.5) is 0 Å². The van der Waals surface area contributed by atoms with Crippen molar-refractivity contribution in [3.63, 3.8) is 0 Å². The van der Waals surface area contributed by atoms with Crippen LogP contribution in [0.2, 0.25) is 5.02 Å². The first-order valence-corrected chi connectivity index (χ1v) is 8.71. The Kier molecular flexibility index (Phi) is 5.37. The molecule has 2 aromatic heterocycles. The lowest BCUT2D eigenvalue weighted by molar-refractivity contribution is -0.135. The Hall–Kier alpha value is -2.67. The summed E-state index contributed by atoms with van der Waals surface area (Å²) in [4.78, 5) is 15.8. The van der Waals surface area contributed by atoms with Crippen LogP contribution in [-0.2, 0) is 11.3 Å². The van der Waals surface area contributed by atoms with Gasteiger partial charge in [-0.05, 0) is 55.0 Å². The SMILES string of the molecule is CCC(C(=O)N(C)Cc1ccc(C)o1)n1nnc(-c2ccc(Cl)cc2)n1. The summed E-state index contributed by atoms with van der Waals surface area (Å²) in [5.74, 6) is 1.92. The lowest BCUT2D eigenvalue weighted by atomic mass is 10.2. The molecule has 1 aromatic carbocycles. The minimum Gasteiger partial charge on any atom is -0.464 e. The number of tetrazole rings is 1. The van der Waals surface area contributed by atoms with Crippen LogP contribution in [0.3, 0.4) is 0 Å². The molecule has 1 atom stereocenters. The standard InChI is InChI=1S/C18H20ClN5O2/c1-4-16(18(25)23(3)11-15-10-5-12(2)26-15)24-21-17(20-22-24)13-6-8-14(19)9-7-13/h5-10,16H,4,11H2,1-3H3. The summed E-state index contributed by atoms with van der Waals surface area (Å²) in [7, 11) is 1.74. The molecule has 0 aliphatic carbocycles. The second-order valence-electron chi connectivity index (χ2n) is 6.07. The number of nitrogens with zero attached hydrogens (tertiary/aromatic N) is 5. The van der Waals surface area contributed by atoms with Crippen LogP contribution in [0.5, 0.6) is 0 Å². The van der Waals surface area contributed by atoms with Gasteiger partial charge in [0.2, 0.25) is 11.7 Å². The highest BCUT2D eigenvalue weighted by Crippen LogP contribution is 2.20. The Morgan fingerprint density at radius 1 is 1.27 bits per heavy atom. The molecule has 0 bridgehead atoms. The average molecular weight is 374 g/mol. The number of benzene rings is 1. The number of carbonyl (C=O) groups excluding carboxylic acids is 1. The first-order valence-electron chi connectivity index (χ1n) is 8.33. The number of aromatic nitrogens is 4. The van der Waals surface area contributed by atoms with Gasteiger partial charge < -0.3 is 9.32 Å². The van der Waals surface area contributed by atoms with Crippen molar-refractivity contribution in [3.05, 3.63) is 52.9 Å². The highest BCUT2D eigenvalue weighted by molar-refractivity contribution is 6.30. The van der Waals surface area contributed by atoms with E-state index in [0.29, 0.717) is 23.8 Å². The van der Waals surface area contributed by atoms with E-state index in [9.17, 15) is 4.79 Å². The van der Waals surface area contributed by atoms with Crippen molar-refractivity contribution < 1.29 is 9.21 Å². The fourth-order valence-corrected chi connectivity index (χ4v) is 2.77. The molecule has 7 nitrogen and oxygen atoms in total. The molecule has 3 rings (SSSR count). The van der Waals surface area contributed by atoms with Crippen molar-refractivity contribution in [1.29, 1.82) is 0 Å². The predicted molar refractivity (Wildman–Crippen MR) is 97.5 cm³/mol. The van der Waals surface area contributed by atoms with Gasteiger partial charge in [-0.2, -0.15) is 4.80 Å². The van der Waals surface area contributed by atoms with E-state index in [4.69, 9.17) is 16.0 Å². The van der Waals surface area contributed by atoms with E-state index < -0.39 is 6.04 Å². The maximum Gasteiger partial charge on any atom is 0.249 e. The van der Waals surface area contributed by atoms with Gasteiger partial charge in [0.1, 0.15) is 11.5 Å². The minimum absolute atomic E-state index is 0.0957. The number of amides is 1. The van der Waals surface area contributed by atoms with Crippen molar-refractivity contribution >= 4 is 17.5 Å². The van der Waals surface area contributed by atoms with Gasteiger partial charge in [-0.1, -0.05) is 18.5 Å². The van der Waals surface area contributed by atoms with Crippen molar-refractivity contribution in [2.75, 3.05) is 7.05 Å². The van der Waals surface area contributed by atoms with E-state index in [2.05, 4.69) is 15.4 Å². The highest BCUT2D eigenvalue weighted by Gasteiger charge is 2.25. The third-order valence-corrected chi connectivity index (χ3v) is 4.30. The Labute approximate surface area is 156 Å². The Bertz CT molecular complexity index is 887. The van der Waals surface area contributed by atoms with Crippen LogP contribution in [0.15, 0.2) is 40.8 Å². The van der Waals surface area contributed by atoms with Gasteiger partial charge in [-0.3, -0.25) is 4.79 Å². The Balaban J connectivity index is 1.75. The first kappa shape index (κ1) is 18.1. The van der Waals surface area contributed by atoms with E-state index in [-0.39, 0.29) is 5.91 Å². The van der Waals surface area contributed by atoms with Gasteiger partial charge in [-0.25, -0.2) is 0 Å². The van der Waals surface area contributed by atoms with E-state index in [0.717, 1.165) is 17.1 Å². The van der Waals surface area contributed by atoms with Crippen LogP contribution in [0, 0.1) is 6.92 Å². The molecule has 0 saturated carbocycles. The summed E-state index contributed by atoms with van der Waals surface area (Å²) in [5, 5.41) is 13.1. The summed E-state index contributed by atoms with van der Waals surface area (Å²) >= 11 is 5.90. The van der Waals surface area contributed by atoms with Gasteiger partial charge >= 0.3 is 0 Å². The number of carbonyl (C=O) groups is 1. The molecule has 8 heteroatoms. The molecule has 1 unspecified atom stereocenters. The molecule has 3 aromatic rings. The Morgan fingerprint density at radius 2 is 2.00 bits per heavy atom. The third-order valence-electron chi connectivity index (χ3n) is 4.05. The Morgan fingerprint density at radius 3 is 2.62 bits per heavy atom. The van der Waals surface area contributed by atoms with Crippen molar-refractivity contribution in [1.82, 2.24) is 25.1 Å². The summed E-state index contributed by atoms with van der Waals surface area (Å²) in [5.41, 5.74) is 0.794. The van der Waals surface area contributed by atoms with E-state index in [1.54, 1.807) is 24.1 Å². The second kappa shape index (κ2) is 7.70. The largest absolute Gasteiger partial charge is 0.464 e. The van der Waals surface area contributed by atoms with Crippen LogP contribution >= 0.6 is 11.6 Å². The van der Waals surface area contributed by atoms with Crippen molar-refractivity contribution in [3.8, 4) is 11.4 Å². The molecule has 0 aliphatic rings. The second-order valence-corrected chi connectivity index (χ2v) is 6.51. The summed E-state index contributed by atoms with van der Waals surface area (Å²) in [6.45, 7) is 4.18. The molecule has 0 N–H and O–H groups in total. The quantitative estimate of drug-likeness (QED) is 0.660. The van der Waals surface area contributed by atoms with Crippen LogP contribution in [-0.4, -0.2) is 38.1 Å². The van der Waals surface area contributed by atoms with Crippen molar-refractivity contribution in [2.45, 2.75) is 32.9 Å². The molecular formula is C18H20ClN5O2. The number of aryl methyl sites for hydroxylation is 1. The van der Waals surface area contributed by atoms with Gasteiger partial charge in [0.15, 0.2) is 6.04 Å². The summed E-state index contributed by atoms with van der Waals surface area (Å²) in [6, 6.07) is 10.4. The van der Waals surface area contributed by atoms with Crippen LogP contribution in [0.25, 0.3) is 11.4 Å². The number of hydrogen-bond acceptors (Lipinski definition) is 5. The van der Waals surface area contributed by atoms with E-state index in [1.165, 1.54) is 4.80 Å². The lowest BCUT2D eigenvalue weighted by Crippen LogP contribution is -2.34. The zero-order chi connectivity index (χ0) is 18.7. The summed E-state index contributed by atoms with van der Waals surface area (Å²) in [6.07, 6.45) is 0.552. The lowest BCUT2D eigenvalue weighted by Gasteiger charge is -2.21. The fourth-order valence-electron chi connectivity index (χ4n) is 2.64. The highest BCUT2D eigenvalue weighted by atomic mass is 35.5. The molecule has 0 aliphatic heterocycles. The number of rotatable bonds is 6. The zero-order valence-corrected chi connectivity index (χ0v) is 15.6. The van der Waals surface area contributed by atoms with Gasteiger partial charge in [-0.15, -0.1) is 10.2 Å². The van der Waals surface area contributed by atoms with Crippen LogP contribution < -0.4 is 0 Å². The van der Waals surface area contributed by atoms with Gasteiger partial charge in [0.25, 0.3) is 0 Å². The van der Waals surface area contributed by atoms with E-state index in [1.807, 2.05) is 38.1 Å². The molecule has 0 saturated heterocycles. The average Bonchev–Trinajstić information content (AvgIpc) is 3.25. The molecule has 2 heterocycles. The van der Waals surface area contributed by atoms with Crippen molar-refractivity contribution in [2.24, 2.45) is 0 Å². The number of likely N-dealkylation sites (N-methyl/N-ethyl adjacent to an activating group) is 1. The molecule has 0 spiro atoms. The zero-order valence-electron chi connectivity index (χ0n) is 14.9. The summed E-state index contributed by atoms with van der Waals surface area (Å²) < 4.78 is 5.54. The molecule has 136 valence electrons. The van der Waals surface area contributed by atoms with Crippen LogP contribution in [0.1, 0.15) is 30.9 Å². The third kappa shape index (κ3) is 3.94. The molecule has 26 heavy (non-hydrogen) atoms. The molecule has 1 amide bonds. The smallest absolute Gasteiger partial charge is 0.249 e. The number of hydrogen-bond donors (Lipinski definition) is 0. The van der Waals surface area contributed by atoms with E-state index >= 15 is 0 Å². The topological polar surface area (TPSA) is 77.0 Å². The first-order chi connectivity index (χ1) is 12.5. The number of furan rings is 1. The number of halogens is 1. The maximum atomic E-state index is 12.8. The maximum absolute atomic E-state index is 12.8. The van der Waals surface area contributed by atoms with Gasteiger partial charge in [0.05, 0.1) is 6.54 Å². The van der Waals surface area contributed by atoms with Gasteiger partial charge in [0, 0.05) is 17.6 Å². The fraction of sp³-hybridized carbons (Fsp3) is 0.333. The normalized spacial score (nSPS) is 12.2. The monoisotopic (exact) mass is 373 g/mol. The molecular weight excluding hydrogens is 354 g/mol. The minimum atomic E-state index is -0.524. The predicted octanol–water partition coefficient (Wildman–Crippen LogP) is 3.50. The molecule has 0 fully saturated rings.